The van der Waals surface area contributed by atoms with E-state index in [-0.39, 0.29) is 5.75 Å². The summed E-state index contributed by atoms with van der Waals surface area (Å²) in [6.45, 7) is 0. The highest BCUT2D eigenvalue weighted by Crippen LogP contribution is 2.29. The highest BCUT2D eigenvalue weighted by Gasteiger charge is 2.05. The van der Waals surface area contributed by atoms with Crippen molar-refractivity contribution in [1.82, 2.24) is 9.97 Å². The van der Waals surface area contributed by atoms with Gasteiger partial charge >= 0.3 is 0 Å². The standard InChI is InChI=1S/C12H8N2O/c15-10-3-1-2-8-4-5-9-12(11(8)10)14-7-6-13-9/h1-7,15H. The smallest absolute Gasteiger partial charge is 0.125 e. The van der Waals surface area contributed by atoms with Crippen molar-refractivity contribution in [2.45, 2.75) is 0 Å². The fourth-order valence-corrected chi connectivity index (χ4v) is 1.79. The summed E-state index contributed by atoms with van der Waals surface area (Å²) in [6.07, 6.45) is 3.28. The van der Waals surface area contributed by atoms with Crippen LogP contribution in [0.25, 0.3) is 21.8 Å². The molecule has 0 aliphatic rings. The summed E-state index contributed by atoms with van der Waals surface area (Å²) in [6, 6.07) is 9.27. The monoisotopic (exact) mass is 196 g/mol. The molecule has 0 bridgehead atoms. The zero-order chi connectivity index (χ0) is 10.3. The first-order valence-corrected chi connectivity index (χ1v) is 4.68. The van der Waals surface area contributed by atoms with Crippen LogP contribution in [0.4, 0.5) is 0 Å². The number of hydrogen-bond donors (Lipinski definition) is 1. The van der Waals surface area contributed by atoms with Crippen molar-refractivity contribution in [2.24, 2.45) is 0 Å². The third-order valence-corrected chi connectivity index (χ3v) is 2.46. The Bertz CT molecular complexity index is 649. The van der Waals surface area contributed by atoms with Gasteiger partial charge in [-0.2, -0.15) is 0 Å². The third-order valence-electron chi connectivity index (χ3n) is 2.46. The second kappa shape index (κ2) is 2.92. The molecule has 1 heterocycles. The molecular formula is C12H8N2O. The zero-order valence-corrected chi connectivity index (χ0v) is 7.88. The lowest BCUT2D eigenvalue weighted by molar-refractivity contribution is 0.482. The maximum absolute atomic E-state index is 9.80. The Labute approximate surface area is 86.0 Å². The number of phenolic OH excluding ortho intramolecular Hbond substituents is 1. The molecule has 0 atom stereocenters. The van der Waals surface area contributed by atoms with Gasteiger partial charge in [-0.25, -0.2) is 0 Å². The third kappa shape index (κ3) is 1.13. The van der Waals surface area contributed by atoms with Crippen LogP contribution >= 0.6 is 0 Å². The molecule has 3 rings (SSSR count). The van der Waals surface area contributed by atoms with Crippen molar-refractivity contribution in [3.8, 4) is 5.75 Å². The van der Waals surface area contributed by atoms with Crippen LogP contribution in [0, 0.1) is 0 Å². The van der Waals surface area contributed by atoms with E-state index >= 15 is 0 Å². The van der Waals surface area contributed by atoms with E-state index in [0.717, 1.165) is 21.8 Å². The van der Waals surface area contributed by atoms with E-state index in [2.05, 4.69) is 9.97 Å². The first kappa shape index (κ1) is 8.17. The minimum Gasteiger partial charge on any atom is -0.507 e. The van der Waals surface area contributed by atoms with Crippen LogP contribution in [0.3, 0.4) is 0 Å². The Morgan fingerprint density at radius 1 is 0.933 bits per heavy atom. The zero-order valence-electron chi connectivity index (χ0n) is 7.88. The molecule has 1 N–H and O–H groups in total. The van der Waals surface area contributed by atoms with Crippen molar-refractivity contribution in [3.63, 3.8) is 0 Å². The van der Waals surface area contributed by atoms with E-state index in [1.165, 1.54) is 0 Å². The summed E-state index contributed by atoms with van der Waals surface area (Å²) in [5.74, 6) is 0.249. The van der Waals surface area contributed by atoms with Crippen molar-refractivity contribution < 1.29 is 5.11 Å². The molecule has 0 saturated carbocycles. The number of aromatic hydroxyl groups is 1. The molecule has 2 aromatic carbocycles. The average molecular weight is 196 g/mol. The summed E-state index contributed by atoms with van der Waals surface area (Å²) < 4.78 is 0. The van der Waals surface area contributed by atoms with Crippen LogP contribution in [-0.4, -0.2) is 15.1 Å². The number of nitrogens with zero attached hydrogens (tertiary/aromatic N) is 2. The van der Waals surface area contributed by atoms with E-state index < -0.39 is 0 Å². The van der Waals surface area contributed by atoms with E-state index in [1.807, 2.05) is 24.3 Å². The Kier molecular flexibility index (Phi) is 1.59. The van der Waals surface area contributed by atoms with Crippen molar-refractivity contribution in [2.75, 3.05) is 0 Å². The van der Waals surface area contributed by atoms with Crippen molar-refractivity contribution >= 4 is 21.8 Å². The Morgan fingerprint density at radius 2 is 1.80 bits per heavy atom. The summed E-state index contributed by atoms with van der Waals surface area (Å²) in [5, 5.41) is 11.5. The van der Waals surface area contributed by atoms with Crippen LogP contribution in [0.2, 0.25) is 0 Å². The van der Waals surface area contributed by atoms with E-state index in [9.17, 15) is 5.11 Å². The van der Waals surface area contributed by atoms with Crippen LogP contribution in [0.5, 0.6) is 5.75 Å². The SMILES string of the molecule is Oc1cccc2ccc3nccnc3c12. The molecule has 0 spiro atoms. The van der Waals surface area contributed by atoms with Gasteiger partial charge in [0, 0.05) is 12.4 Å². The minimum absolute atomic E-state index is 0.249. The number of rotatable bonds is 0. The van der Waals surface area contributed by atoms with Gasteiger partial charge in [-0.15, -0.1) is 0 Å². The fourth-order valence-electron chi connectivity index (χ4n) is 1.79. The van der Waals surface area contributed by atoms with Gasteiger partial charge in [0.1, 0.15) is 11.3 Å². The number of aromatic nitrogens is 2. The average Bonchev–Trinajstić information content (AvgIpc) is 2.29. The van der Waals surface area contributed by atoms with Crippen LogP contribution in [0.1, 0.15) is 0 Å². The number of phenols is 1. The maximum Gasteiger partial charge on any atom is 0.125 e. The summed E-state index contributed by atoms with van der Waals surface area (Å²) in [7, 11) is 0. The molecule has 0 unspecified atom stereocenters. The first-order valence-electron chi connectivity index (χ1n) is 4.68. The van der Waals surface area contributed by atoms with Gasteiger partial charge in [-0.05, 0) is 17.5 Å². The summed E-state index contributed by atoms with van der Waals surface area (Å²) >= 11 is 0. The number of benzene rings is 2. The highest BCUT2D eigenvalue weighted by molar-refractivity contribution is 6.06. The van der Waals surface area contributed by atoms with Crippen LogP contribution in [-0.2, 0) is 0 Å². The highest BCUT2D eigenvalue weighted by atomic mass is 16.3. The van der Waals surface area contributed by atoms with Gasteiger partial charge in [0.15, 0.2) is 0 Å². The first-order chi connectivity index (χ1) is 7.36. The fraction of sp³-hybridized carbons (Fsp3) is 0. The Hall–Kier alpha value is -2.16. The van der Waals surface area contributed by atoms with Gasteiger partial charge in [-0.1, -0.05) is 18.2 Å². The molecule has 0 fully saturated rings. The minimum atomic E-state index is 0.249. The topological polar surface area (TPSA) is 46.0 Å². The van der Waals surface area contributed by atoms with E-state index in [0.29, 0.717) is 0 Å². The Morgan fingerprint density at radius 3 is 2.73 bits per heavy atom. The van der Waals surface area contributed by atoms with Crippen LogP contribution < -0.4 is 0 Å². The molecule has 0 amide bonds. The molecule has 0 aliphatic heterocycles. The molecular weight excluding hydrogens is 188 g/mol. The maximum atomic E-state index is 9.80. The van der Waals surface area contributed by atoms with Gasteiger partial charge in [0.2, 0.25) is 0 Å². The second-order valence-electron chi connectivity index (χ2n) is 3.36. The quantitative estimate of drug-likeness (QED) is 0.562. The van der Waals surface area contributed by atoms with Gasteiger partial charge in [0.05, 0.1) is 10.9 Å². The van der Waals surface area contributed by atoms with Gasteiger partial charge in [0.25, 0.3) is 0 Å². The molecule has 1 aromatic heterocycles. The predicted octanol–water partition coefficient (Wildman–Crippen LogP) is 2.49. The molecule has 0 radical (unpaired) electrons. The van der Waals surface area contributed by atoms with Crippen LogP contribution in [0.15, 0.2) is 42.7 Å². The van der Waals surface area contributed by atoms with Gasteiger partial charge in [-0.3, -0.25) is 9.97 Å². The van der Waals surface area contributed by atoms with Crippen molar-refractivity contribution in [1.29, 1.82) is 0 Å². The lowest BCUT2D eigenvalue weighted by atomic mass is 10.1. The summed E-state index contributed by atoms with van der Waals surface area (Å²) in [5.41, 5.74) is 1.54. The van der Waals surface area contributed by atoms with Gasteiger partial charge < -0.3 is 5.11 Å². The summed E-state index contributed by atoms with van der Waals surface area (Å²) in [4.78, 5) is 8.45. The number of hydrogen-bond acceptors (Lipinski definition) is 3. The molecule has 0 aliphatic carbocycles. The molecule has 72 valence electrons. The second-order valence-corrected chi connectivity index (χ2v) is 3.36. The number of fused-ring (bicyclic) bond motifs is 3. The Balaban J connectivity index is 2.64. The molecule has 15 heavy (non-hydrogen) atoms. The van der Waals surface area contributed by atoms with E-state index in [4.69, 9.17) is 0 Å². The predicted molar refractivity (Wildman–Crippen MR) is 58.7 cm³/mol. The lowest BCUT2D eigenvalue weighted by Crippen LogP contribution is -1.84. The lowest BCUT2D eigenvalue weighted by Gasteiger charge is -2.03. The molecule has 3 heteroatoms. The van der Waals surface area contributed by atoms with Crippen molar-refractivity contribution in [3.05, 3.63) is 42.7 Å². The molecule has 0 saturated heterocycles. The normalized spacial score (nSPS) is 10.9. The van der Waals surface area contributed by atoms with E-state index in [1.54, 1.807) is 18.5 Å². The molecule has 3 aromatic rings. The molecule has 3 nitrogen and oxygen atoms in total. The largest absolute Gasteiger partial charge is 0.507 e.